The Kier molecular flexibility index (Phi) is 10.1. The third-order valence-electron chi connectivity index (χ3n) is 5.88. The molecule has 2 aromatic rings. The van der Waals surface area contributed by atoms with Crippen molar-refractivity contribution in [2.45, 2.75) is 45.3 Å². The highest BCUT2D eigenvalue weighted by atomic mass is 35.5. The highest BCUT2D eigenvalue weighted by Crippen LogP contribution is 2.40. The summed E-state index contributed by atoms with van der Waals surface area (Å²) in [5.74, 6) is -1.50. The van der Waals surface area contributed by atoms with Crippen LogP contribution in [0.1, 0.15) is 37.8 Å². The molecule has 0 spiro atoms. The Morgan fingerprint density at radius 2 is 1.86 bits per heavy atom. The molecule has 9 nitrogen and oxygen atoms in total. The van der Waals surface area contributed by atoms with Crippen LogP contribution in [0.25, 0.3) is 0 Å². The second-order valence-electron chi connectivity index (χ2n) is 8.83. The van der Waals surface area contributed by atoms with Gasteiger partial charge in [0, 0.05) is 11.6 Å². The van der Waals surface area contributed by atoms with Gasteiger partial charge in [0.1, 0.15) is 11.9 Å². The summed E-state index contributed by atoms with van der Waals surface area (Å²) in [5.41, 5.74) is 7.10. The molecule has 1 fully saturated rings. The lowest BCUT2D eigenvalue weighted by molar-refractivity contribution is -0.139. The largest absolute Gasteiger partial charge is 0.487 e. The molecule has 202 valence electrons. The zero-order valence-corrected chi connectivity index (χ0v) is 23.1. The number of esters is 1. The van der Waals surface area contributed by atoms with Crippen LogP contribution in [0, 0.1) is 5.41 Å². The Morgan fingerprint density at radius 1 is 1.22 bits per heavy atom. The van der Waals surface area contributed by atoms with Gasteiger partial charge in [-0.3, -0.25) is 14.5 Å². The fourth-order valence-electron chi connectivity index (χ4n) is 4.27. The number of nitrogen functional groups attached to an aromatic ring is 1. The smallest absolute Gasteiger partial charge is 0.323 e. The molecule has 1 aliphatic rings. The minimum absolute atomic E-state index is 0.0572. The van der Waals surface area contributed by atoms with Gasteiger partial charge in [-0.05, 0) is 70.0 Å². The van der Waals surface area contributed by atoms with Gasteiger partial charge in [-0.2, -0.15) is 0 Å². The van der Waals surface area contributed by atoms with Gasteiger partial charge in [0.15, 0.2) is 11.5 Å². The molecular weight excluding hydrogens is 539 g/mol. The Morgan fingerprint density at radius 3 is 2.46 bits per heavy atom. The summed E-state index contributed by atoms with van der Waals surface area (Å²) in [4.78, 5) is 12.2. The molecule has 3 rings (SSSR count). The maximum atomic E-state index is 13.5. The molecule has 12 heteroatoms. The third-order valence-corrected chi connectivity index (χ3v) is 8.22. The minimum Gasteiger partial charge on any atom is -0.487 e. The SMILES string of the molecule is CCOC(=O)CS(=O)(=O)N(c1cc(Cl)c(OC2CCNCC2)c(Cl)c1)C(C)Cc1cccc(C(=N)N)c1. The van der Waals surface area contributed by atoms with E-state index in [2.05, 4.69) is 5.32 Å². The number of halogens is 2. The van der Waals surface area contributed by atoms with Crippen molar-refractivity contribution in [3.63, 3.8) is 0 Å². The van der Waals surface area contributed by atoms with Crippen LogP contribution < -0.4 is 20.1 Å². The first-order valence-corrected chi connectivity index (χ1v) is 14.4. The van der Waals surface area contributed by atoms with Crippen molar-refractivity contribution in [2.75, 3.05) is 29.8 Å². The molecule has 1 saturated heterocycles. The molecule has 4 N–H and O–H groups in total. The van der Waals surface area contributed by atoms with Gasteiger partial charge in [0.25, 0.3) is 0 Å². The van der Waals surface area contributed by atoms with Crippen LogP contribution in [-0.4, -0.2) is 57.8 Å². The molecule has 37 heavy (non-hydrogen) atoms. The van der Waals surface area contributed by atoms with E-state index in [4.69, 9.17) is 43.8 Å². The normalized spacial score (nSPS) is 15.1. The molecule has 2 aromatic carbocycles. The van der Waals surface area contributed by atoms with E-state index < -0.39 is 27.8 Å². The lowest BCUT2D eigenvalue weighted by Crippen LogP contribution is -2.43. The Hall–Kier alpha value is -2.53. The van der Waals surface area contributed by atoms with Crippen LogP contribution in [0.5, 0.6) is 5.75 Å². The number of nitrogens with zero attached hydrogens (tertiary/aromatic N) is 1. The van der Waals surface area contributed by atoms with Crippen LogP contribution in [0.15, 0.2) is 36.4 Å². The van der Waals surface area contributed by atoms with Gasteiger partial charge in [-0.25, -0.2) is 8.42 Å². The van der Waals surface area contributed by atoms with Gasteiger partial charge >= 0.3 is 5.97 Å². The number of nitrogens with two attached hydrogens (primary N) is 1. The summed E-state index contributed by atoms with van der Waals surface area (Å²) in [5, 5.41) is 11.3. The number of hydrogen-bond acceptors (Lipinski definition) is 7. The number of amidine groups is 1. The van der Waals surface area contributed by atoms with E-state index >= 15 is 0 Å². The Bertz CT molecular complexity index is 1210. The average Bonchev–Trinajstić information content (AvgIpc) is 2.82. The summed E-state index contributed by atoms with van der Waals surface area (Å²) in [7, 11) is -4.19. The number of hydrogen-bond donors (Lipinski definition) is 3. The summed E-state index contributed by atoms with van der Waals surface area (Å²) < 4.78 is 39.1. The van der Waals surface area contributed by atoms with Crippen molar-refractivity contribution in [3.05, 3.63) is 57.6 Å². The number of carbonyl (C=O) groups excluding carboxylic acids is 1. The average molecular weight is 572 g/mol. The zero-order chi connectivity index (χ0) is 27.2. The predicted molar refractivity (Wildman–Crippen MR) is 147 cm³/mol. The van der Waals surface area contributed by atoms with Crippen molar-refractivity contribution in [1.82, 2.24) is 5.32 Å². The zero-order valence-electron chi connectivity index (χ0n) is 20.8. The first-order valence-electron chi connectivity index (χ1n) is 12.0. The fourth-order valence-corrected chi connectivity index (χ4v) is 6.40. The third kappa shape index (κ3) is 7.73. The molecule has 0 aliphatic carbocycles. The first kappa shape index (κ1) is 29.0. The molecule has 1 aliphatic heterocycles. The van der Waals surface area contributed by atoms with Crippen molar-refractivity contribution in [3.8, 4) is 5.75 Å². The maximum absolute atomic E-state index is 13.5. The van der Waals surface area contributed by atoms with Gasteiger partial charge < -0.3 is 20.5 Å². The summed E-state index contributed by atoms with van der Waals surface area (Å²) >= 11 is 13.1. The van der Waals surface area contributed by atoms with Crippen LogP contribution >= 0.6 is 23.2 Å². The van der Waals surface area contributed by atoms with E-state index in [0.29, 0.717) is 11.3 Å². The number of benzene rings is 2. The van der Waals surface area contributed by atoms with E-state index in [1.165, 1.54) is 12.1 Å². The lowest BCUT2D eigenvalue weighted by Gasteiger charge is -2.31. The van der Waals surface area contributed by atoms with Gasteiger partial charge in [-0.15, -0.1) is 0 Å². The number of piperidine rings is 1. The molecule has 0 radical (unpaired) electrons. The molecule has 1 unspecified atom stereocenters. The molecule has 0 saturated carbocycles. The predicted octanol–water partition coefficient (Wildman–Crippen LogP) is 3.74. The summed E-state index contributed by atoms with van der Waals surface area (Å²) in [6, 6.07) is 9.30. The number of carbonyl (C=O) groups is 1. The maximum Gasteiger partial charge on any atom is 0.323 e. The van der Waals surface area contributed by atoms with E-state index in [-0.39, 0.29) is 40.7 Å². The Balaban J connectivity index is 1.97. The van der Waals surface area contributed by atoms with Gasteiger partial charge in [-0.1, -0.05) is 41.4 Å². The molecule has 0 aromatic heterocycles. The van der Waals surface area contributed by atoms with Crippen molar-refractivity contribution >= 4 is 50.7 Å². The van der Waals surface area contributed by atoms with Crippen LogP contribution in [0.4, 0.5) is 5.69 Å². The van der Waals surface area contributed by atoms with Gasteiger partial charge in [0.05, 0.1) is 22.3 Å². The second-order valence-corrected chi connectivity index (χ2v) is 11.5. The number of nitrogens with one attached hydrogen (secondary N) is 2. The highest BCUT2D eigenvalue weighted by Gasteiger charge is 2.32. The highest BCUT2D eigenvalue weighted by molar-refractivity contribution is 7.93. The van der Waals surface area contributed by atoms with Crippen LogP contribution in [0.3, 0.4) is 0 Å². The summed E-state index contributed by atoms with van der Waals surface area (Å²) in [6.45, 7) is 5.01. The van der Waals surface area contributed by atoms with E-state index in [0.717, 1.165) is 35.8 Å². The van der Waals surface area contributed by atoms with Crippen molar-refractivity contribution in [2.24, 2.45) is 5.73 Å². The Labute approximate surface area is 227 Å². The second kappa shape index (κ2) is 12.8. The van der Waals surface area contributed by atoms with Crippen molar-refractivity contribution < 1.29 is 22.7 Å². The topological polar surface area (TPSA) is 135 Å². The molecule has 1 heterocycles. The first-order chi connectivity index (χ1) is 17.5. The standard InChI is InChI=1S/C25H32Cl2N4O5S/c1-3-35-23(32)15-37(33,34)31(16(2)11-17-5-4-6-18(12-17)25(28)29)19-13-21(26)24(22(27)14-19)36-20-7-9-30-10-8-20/h4-6,12-14,16,20,30H,3,7-11,15H2,1-2H3,(H3,28,29). The summed E-state index contributed by atoms with van der Waals surface area (Å²) in [6.07, 6.45) is 1.81. The molecular formula is C25H32Cl2N4O5S. The quantitative estimate of drug-likeness (QED) is 0.213. The minimum atomic E-state index is -4.19. The van der Waals surface area contributed by atoms with Gasteiger partial charge in [0.2, 0.25) is 10.0 Å². The number of anilines is 1. The molecule has 0 amide bonds. The van der Waals surface area contributed by atoms with Crippen molar-refractivity contribution in [1.29, 1.82) is 5.41 Å². The molecule has 1 atom stereocenters. The fraction of sp³-hybridized carbons (Fsp3) is 0.440. The lowest BCUT2D eigenvalue weighted by atomic mass is 10.0. The molecule has 0 bridgehead atoms. The van der Waals surface area contributed by atoms with E-state index in [1.54, 1.807) is 32.0 Å². The number of rotatable bonds is 11. The number of ether oxygens (including phenoxy) is 2. The van der Waals surface area contributed by atoms with E-state index in [9.17, 15) is 13.2 Å². The van der Waals surface area contributed by atoms with E-state index in [1.807, 2.05) is 6.07 Å². The monoisotopic (exact) mass is 570 g/mol. The van der Waals surface area contributed by atoms with Crippen LogP contribution in [-0.2, 0) is 26.0 Å². The number of sulfonamides is 1. The van der Waals surface area contributed by atoms with Crippen LogP contribution in [0.2, 0.25) is 10.0 Å².